The van der Waals surface area contributed by atoms with E-state index < -0.39 is 0 Å². The zero-order valence-corrected chi connectivity index (χ0v) is 24.8. The number of fused-ring (bicyclic) bond motifs is 13. The van der Waals surface area contributed by atoms with E-state index in [1.54, 1.807) is 11.3 Å². The highest BCUT2D eigenvalue weighted by Crippen LogP contribution is 2.56. The lowest BCUT2D eigenvalue weighted by molar-refractivity contribution is 0.316. The van der Waals surface area contributed by atoms with Crippen LogP contribution in [-0.4, -0.2) is 9.97 Å². The Hall–Kier alpha value is -5.78. The first-order valence-electron chi connectivity index (χ1n) is 15.0. The third kappa shape index (κ3) is 3.53. The van der Waals surface area contributed by atoms with E-state index in [-0.39, 0.29) is 0 Å². The second-order valence-corrected chi connectivity index (χ2v) is 12.4. The van der Waals surface area contributed by atoms with E-state index in [0.717, 1.165) is 54.8 Å². The Morgan fingerprint density at radius 2 is 1.22 bits per heavy atom. The van der Waals surface area contributed by atoms with Crippen molar-refractivity contribution >= 4 is 75.6 Å². The molecule has 0 N–H and O–H groups in total. The molecule has 0 saturated heterocycles. The number of anilines is 2. The van der Waals surface area contributed by atoms with Gasteiger partial charge in [0.15, 0.2) is 5.75 Å². The lowest BCUT2D eigenvalue weighted by Gasteiger charge is -2.33. The van der Waals surface area contributed by atoms with E-state index in [4.69, 9.17) is 14.8 Å². The summed E-state index contributed by atoms with van der Waals surface area (Å²) in [6.45, 7) is 0. The summed E-state index contributed by atoms with van der Waals surface area (Å²) in [7, 11) is 0. The molecular weight excluding hydrogens is 571 g/mol. The molecule has 1 aliphatic heterocycles. The van der Waals surface area contributed by atoms with Gasteiger partial charge in [0.2, 0.25) is 0 Å². The van der Waals surface area contributed by atoms with Crippen molar-refractivity contribution in [2.75, 3.05) is 5.06 Å². The molecule has 0 unspecified atom stereocenters. The SMILES string of the molecule is c1ccc(-c2nc(N3Oc4ccc5ccccc5c4-c4c3c3sc5ccccc5c3c3ccccc43)nc3ccccc23)cc1. The van der Waals surface area contributed by atoms with Crippen molar-refractivity contribution in [2.45, 2.75) is 0 Å². The van der Waals surface area contributed by atoms with Crippen LogP contribution in [0.4, 0.5) is 11.6 Å². The molecule has 0 fully saturated rings. The van der Waals surface area contributed by atoms with Crippen molar-refractivity contribution in [3.63, 3.8) is 0 Å². The van der Waals surface area contributed by atoms with E-state index >= 15 is 0 Å². The van der Waals surface area contributed by atoms with Crippen molar-refractivity contribution < 1.29 is 4.84 Å². The Balaban J connectivity index is 1.38. The summed E-state index contributed by atoms with van der Waals surface area (Å²) >= 11 is 1.80. The normalized spacial score (nSPS) is 12.6. The lowest BCUT2D eigenvalue weighted by Crippen LogP contribution is -2.28. The molecule has 2 aromatic heterocycles. The fourth-order valence-corrected chi connectivity index (χ4v) is 8.18. The number of hydrogen-bond acceptors (Lipinski definition) is 5. The second-order valence-electron chi connectivity index (χ2n) is 11.4. The van der Waals surface area contributed by atoms with Gasteiger partial charge in [-0.1, -0.05) is 121 Å². The van der Waals surface area contributed by atoms with Gasteiger partial charge >= 0.3 is 0 Å². The van der Waals surface area contributed by atoms with Crippen molar-refractivity contribution in [1.29, 1.82) is 0 Å². The van der Waals surface area contributed by atoms with Gasteiger partial charge in [0, 0.05) is 37.5 Å². The van der Waals surface area contributed by atoms with Crippen molar-refractivity contribution in [2.24, 2.45) is 0 Å². The molecule has 9 aromatic rings. The molecule has 0 aliphatic carbocycles. The van der Waals surface area contributed by atoms with Gasteiger partial charge in [-0.3, -0.25) is 0 Å². The van der Waals surface area contributed by atoms with E-state index in [2.05, 4.69) is 109 Å². The Morgan fingerprint density at radius 1 is 0.533 bits per heavy atom. The van der Waals surface area contributed by atoms with Crippen LogP contribution >= 0.6 is 11.3 Å². The Labute approximate surface area is 262 Å². The van der Waals surface area contributed by atoms with Crippen LogP contribution in [0.1, 0.15) is 0 Å². The first kappa shape index (κ1) is 24.6. The lowest BCUT2D eigenvalue weighted by atomic mass is 9.89. The number of para-hydroxylation sites is 1. The molecule has 0 radical (unpaired) electrons. The quantitative estimate of drug-likeness (QED) is 0.200. The van der Waals surface area contributed by atoms with Crippen molar-refractivity contribution in [3.05, 3.63) is 140 Å². The number of benzene rings is 7. The van der Waals surface area contributed by atoms with Gasteiger partial charge in [-0.2, -0.15) is 0 Å². The monoisotopic (exact) mass is 593 g/mol. The van der Waals surface area contributed by atoms with Gasteiger partial charge in [0.25, 0.3) is 5.95 Å². The molecule has 0 saturated carbocycles. The molecule has 0 spiro atoms. The van der Waals surface area contributed by atoms with E-state index in [1.807, 2.05) is 35.4 Å². The number of thiophene rings is 1. The van der Waals surface area contributed by atoms with Crippen LogP contribution in [-0.2, 0) is 0 Å². The minimum atomic E-state index is 0.502. The van der Waals surface area contributed by atoms with E-state index in [9.17, 15) is 0 Å². The Morgan fingerprint density at radius 3 is 2.09 bits per heavy atom. The van der Waals surface area contributed by atoms with Crippen LogP contribution in [0.25, 0.3) is 75.0 Å². The van der Waals surface area contributed by atoms with Gasteiger partial charge in [0.05, 0.1) is 15.9 Å². The fraction of sp³-hybridized carbons (Fsp3) is 0. The maximum atomic E-state index is 6.96. The number of hydrogen-bond donors (Lipinski definition) is 0. The molecule has 0 bridgehead atoms. The number of aromatic nitrogens is 2. The summed E-state index contributed by atoms with van der Waals surface area (Å²) in [5.41, 5.74) is 5.98. The summed E-state index contributed by atoms with van der Waals surface area (Å²) < 4.78 is 2.39. The second kappa shape index (κ2) is 9.36. The molecule has 0 atom stereocenters. The van der Waals surface area contributed by atoms with Gasteiger partial charge in [-0.15, -0.1) is 16.4 Å². The molecule has 10 rings (SSSR count). The molecule has 4 nitrogen and oxygen atoms in total. The summed E-state index contributed by atoms with van der Waals surface area (Å²) in [5.74, 6) is 1.28. The predicted octanol–water partition coefficient (Wildman–Crippen LogP) is 11.1. The van der Waals surface area contributed by atoms with Crippen molar-refractivity contribution in [3.8, 4) is 28.1 Å². The topological polar surface area (TPSA) is 38.2 Å². The molecule has 5 heteroatoms. The highest BCUT2D eigenvalue weighted by molar-refractivity contribution is 7.26. The summed E-state index contributed by atoms with van der Waals surface area (Å²) in [5, 5.41) is 10.1. The first-order valence-corrected chi connectivity index (χ1v) is 15.8. The Kier molecular flexibility index (Phi) is 5.12. The van der Waals surface area contributed by atoms with Gasteiger partial charge in [-0.05, 0) is 39.7 Å². The van der Waals surface area contributed by atoms with Crippen LogP contribution in [0.3, 0.4) is 0 Å². The smallest absolute Gasteiger partial charge is 0.265 e. The number of nitrogens with zero attached hydrogens (tertiary/aromatic N) is 3. The predicted molar refractivity (Wildman–Crippen MR) is 188 cm³/mol. The average molecular weight is 594 g/mol. The zero-order valence-electron chi connectivity index (χ0n) is 23.9. The highest BCUT2D eigenvalue weighted by Gasteiger charge is 2.34. The highest BCUT2D eigenvalue weighted by atomic mass is 32.1. The third-order valence-electron chi connectivity index (χ3n) is 8.87. The van der Waals surface area contributed by atoms with Crippen LogP contribution in [0.2, 0.25) is 0 Å². The summed E-state index contributed by atoms with van der Waals surface area (Å²) in [6.07, 6.45) is 0. The van der Waals surface area contributed by atoms with Gasteiger partial charge in [0.1, 0.15) is 5.69 Å². The van der Waals surface area contributed by atoms with Gasteiger partial charge < -0.3 is 4.84 Å². The largest absolute Gasteiger partial charge is 0.371 e. The molecular formula is C40H23N3OS. The summed E-state index contributed by atoms with van der Waals surface area (Å²) in [6, 6.07) is 48.7. The van der Waals surface area contributed by atoms with Crippen LogP contribution < -0.4 is 9.90 Å². The molecule has 1 aliphatic rings. The van der Waals surface area contributed by atoms with E-state index in [1.165, 1.54) is 31.6 Å². The third-order valence-corrected chi connectivity index (χ3v) is 10.0. The maximum absolute atomic E-state index is 6.96. The zero-order chi connectivity index (χ0) is 29.5. The van der Waals surface area contributed by atoms with E-state index in [0.29, 0.717) is 5.95 Å². The van der Waals surface area contributed by atoms with Crippen molar-refractivity contribution in [1.82, 2.24) is 9.97 Å². The average Bonchev–Trinajstić information content (AvgIpc) is 3.51. The molecule has 0 amide bonds. The minimum Gasteiger partial charge on any atom is -0.371 e. The fourth-order valence-electron chi connectivity index (χ4n) is 6.93. The Bertz CT molecular complexity index is 2640. The van der Waals surface area contributed by atoms with Gasteiger partial charge in [-0.25, -0.2) is 9.97 Å². The van der Waals surface area contributed by atoms with Crippen LogP contribution in [0.5, 0.6) is 5.75 Å². The molecule has 7 aromatic carbocycles. The minimum absolute atomic E-state index is 0.502. The van der Waals surface area contributed by atoms with Crippen LogP contribution in [0, 0.1) is 0 Å². The first-order chi connectivity index (χ1) is 22.3. The molecule has 45 heavy (non-hydrogen) atoms. The summed E-state index contributed by atoms with van der Waals surface area (Å²) in [4.78, 5) is 17.4. The number of rotatable bonds is 2. The molecule has 210 valence electrons. The molecule has 3 heterocycles. The maximum Gasteiger partial charge on any atom is 0.265 e. The van der Waals surface area contributed by atoms with Crippen LogP contribution in [0.15, 0.2) is 140 Å². The standard InChI is InChI=1S/C40H23N3OS/c1-2-13-25(14-3-1)37-29-18-8-10-20-31(29)41-40(42-37)43-38-36(35-26-15-5-4-12-24(26)22-23-32(35)44-43)28-17-7-6-16-27(28)34-30-19-9-11-21-33(30)45-39(34)38/h1-23H.